The maximum absolute atomic E-state index is 11.9. The van der Waals surface area contributed by atoms with Crippen LogP contribution in [0.3, 0.4) is 0 Å². The molecule has 1 aliphatic rings. The maximum Gasteiger partial charge on any atom is 0.409 e. The van der Waals surface area contributed by atoms with Crippen molar-refractivity contribution in [2.24, 2.45) is 0 Å². The van der Waals surface area contributed by atoms with Crippen molar-refractivity contribution < 1.29 is 24.2 Å². The average Bonchev–Trinajstić information content (AvgIpc) is 2.65. The van der Waals surface area contributed by atoms with Gasteiger partial charge in [-0.15, -0.1) is 0 Å². The number of nitrogens with zero attached hydrogens (tertiary/aromatic N) is 1. The summed E-state index contributed by atoms with van der Waals surface area (Å²) in [4.78, 5) is 36.0. The summed E-state index contributed by atoms with van der Waals surface area (Å²) in [7, 11) is 0. The first-order valence-electron chi connectivity index (χ1n) is 7.17. The third-order valence-corrected chi connectivity index (χ3v) is 3.45. The normalized spacial score (nSPS) is 20.7. The zero-order valence-electron chi connectivity index (χ0n) is 12.6. The third-order valence-electron chi connectivity index (χ3n) is 3.45. The number of ether oxygens (including phenoxy) is 1. The van der Waals surface area contributed by atoms with E-state index in [2.05, 4.69) is 5.32 Å². The number of carbonyl (C=O) groups excluding carboxylic acids is 2. The number of carbonyl (C=O) groups is 3. The maximum atomic E-state index is 11.9. The molecule has 1 aromatic rings. The molecule has 7 heteroatoms. The minimum atomic E-state index is -1.22. The van der Waals surface area contributed by atoms with Crippen molar-refractivity contribution in [1.82, 2.24) is 10.2 Å². The zero-order chi connectivity index (χ0) is 16.8. The minimum absolute atomic E-state index is 0.0637. The van der Waals surface area contributed by atoms with Gasteiger partial charge in [-0.2, -0.15) is 0 Å². The lowest BCUT2D eigenvalue weighted by molar-refractivity contribution is -0.115. The quantitative estimate of drug-likeness (QED) is 0.890. The highest BCUT2D eigenvalue weighted by Gasteiger charge is 2.32. The smallest absolute Gasteiger partial charge is 0.409 e. The Balaban J connectivity index is 1.99. The molecule has 2 atom stereocenters. The first-order valence-corrected chi connectivity index (χ1v) is 7.17. The van der Waals surface area contributed by atoms with Crippen LogP contribution in [-0.4, -0.2) is 40.2 Å². The van der Waals surface area contributed by atoms with E-state index in [1.54, 1.807) is 19.1 Å². The Bertz CT molecular complexity index is 614. The molecule has 0 spiro atoms. The fourth-order valence-corrected chi connectivity index (χ4v) is 2.31. The van der Waals surface area contributed by atoms with Crippen LogP contribution in [-0.2, 0) is 16.1 Å². The highest BCUT2D eigenvalue weighted by atomic mass is 16.5. The molecule has 0 saturated carbocycles. The van der Waals surface area contributed by atoms with E-state index in [1.807, 2.05) is 18.2 Å². The van der Waals surface area contributed by atoms with Crippen LogP contribution in [0.4, 0.5) is 9.59 Å². The van der Waals surface area contributed by atoms with Crippen molar-refractivity contribution in [2.45, 2.75) is 32.2 Å². The summed E-state index contributed by atoms with van der Waals surface area (Å²) < 4.78 is 5.07. The van der Waals surface area contributed by atoms with Gasteiger partial charge in [0.25, 0.3) is 0 Å². The van der Waals surface area contributed by atoms with Gasteiger partial charge in [0.05, 0.1) is 6.04 Å². The highest BCUT2D eigenvalue weighted by molar-refractivity contribution is 5.91. The zero-order valence-corrected chi connectivity index (χ0v) is 12.6. The molecule has 2 unspecified atom stereocenters. The summed E-state index contributed by atoms with van der Waals surface area (Å²) in [6, 6.07) is 8.56. The van der Waals surface area contributed by atoms with Crippen LogP contribution in [0.15, 0.2) is 42.5 Å². The van der Waals surface area contributed by atoms with E-state index in [0.29, 0.717) is 0 Å². The summed E-state index contributed by atoms with van der Waals surface area (Å²) >= 11 is 0. The van der Waals surface area contributed by atoms with Gasteiger partial charge in [0.15, 0.2) is 5.78 Å². The van der Waals surface area contributed by atoms with Gasteiger partial charge in [-0.05, 0) is 18.6 Å². The van der Waals surface area contributed by atoms with Crippen molar-refractivity contribution in [1.29, 1.82) is 0 Å². The first kappa shape index (κ1) is 16.5. The van der Waals surface area contributed by atoms with Crippen LogP contribution in [0.2, 0.25) is 0 Å². The van der Waals surface area contributed by atoms with Gasteiger partial charge in [-0.1, -0.05) is 36.4 Å². The number of hydrogen-bond donors (Lipinski definition) is 2. The third kappa shape index (κ3) is 4.57. The molecule has 0 aromatic heterocycles. The minimum Gasteiger partial charge on any atom is -0.465 e. The number of benzene rings is 1. The second-order valence-corrected chi connectivity index (χ2v) is 5.18. The van der Waals surface area contributed by atoms with Gasteiger partial charge in [-0.3, -0.25) is 9.69 Å². The number of carboxylic acid groups (broad SMARTS) is 1. The number of alkyl carbamates (subject to hydrolysis) is 1. The molecule has 0 bridgehead atoms. The van der Waals surface area contributed by atoms with Crippen molar-refractivity contribution >= 4 is 18.0 Å². The molecule has 122 valence electrons. The first-order chi connectivity index (χ1) is 11.0. The average molecular weight is 318 g/mol. The Hall–Kier alpha value is -2.83. The molecule has 1 heterocycles. The molecule has 1 aliphatic heterocycles. The van der Waals surface area contributed by atoms with Gasteiger partial charge in [0, 0.05) is 6.42 Å². The molecular weight excluding hydrogens is 300 g/mol. The fourth-order valence-electron chi connectivity index (χ4n) is 2.31. The summed E-state index contributed by atoms with van der Waals surface area (Å²) in [5, 5.41) is 11.7. The molecule has 1 aromatic carbocycles. The molecular formula is C16H18N2O5. The number of allylic oxidation sites excluding steroid dienone is 1. The molecule has 23 heavy (non-hydrogen) atoms. The van der Waals surface area contributed by atoms with Crippen molar-refractivity contribution in [3.05, 3.63) is 48.0 Å². The van der Waals surface area contributed by atoms with Crippen molar-refractivity contribution in [3.63, 3.8) is 0 Å². The summed E-state index contributed by atoms with van der Waals surface area (Å²) in [6.45, 7) is 1.70. The Morgan fingerprint density at radius 2 is 2.04 bits per heavy atom. The molecule has 0 aliphatic carbocycles. The lowest BCUT2D eigenvalue weighted by atomic mass is 10.2. The standard InChI is InChI=1S/C16H18N2O5/c1-11-7-8-13(19)9-14(18(11)16(21)22)17-15(20)23-10-12-5-3-2-4-6-12/h2-8,11,14H,9-10H2,1H3,(H,17,20)(H,21,22). The number of ketones is 1. The fraction of sp³-hybridized carbons (Fsp3) is 0.312. The van der Waals surface area contributed by atoms with Crippen LogP contribution >= 0.6 is 0 Å². The van der Waals surface area contributed by atoms with Crippen LogP contribution in [0.5, 0.6) is 0 Å². The molecule has 2 rings (SSSR count). The topological polar surface area (TPSA) is 95.9 Å². The van der Waals surface area contributed by atoms with E-state index in [1.165, 1.54) is 12.2 Å². The molecule has 0 radical (unpaired) electrons. The number of rotatable bonds is 3. The second kappa shape index (κ2) is 7.44. The largest absolute Gasteiger partial charge is 0.465 e. The lowest BCUT2D eigenvalue weighted by Crippen LogP contribution is -2.53. The van der Waals surface area contributed by atoms with E-state index in [-0.39, 0.29) is 18.8 Å². The van der Waals surface area contributed by atoms with E-state index < -0.39 is 24.4 Å². The van der Waals surface area contributed by atoms with Gasteiger partial charge in [0.1, 0.15) is 12.8 Å². The van der Waals surface area contributed by atoms with Crippen LogP contribution in [0.1, 0.15) is 18.9 Å². The second-order valence-electron chi connectivity index (χ2n) is 5.18. The van der Waals surface area contributed by atoms with Crippen molar-refractivity contribution in [2.75, 3.05) is 0 Å². The van der Waals surface area contributed by atoms with Crippen LogP contribution in [0.25, 0.3) is 0 Å². The molecule has 7 nitrogen and oxygen atoms in total. The van der Waals surface area contributed by atoms with Gasteiger partial charge in [-0.25, -0.2) is 9.59 Å². The Labute approximate surface area is 133 Å². The predicted molar refractivity (Wildman–Crippen MR) is 81.6 cm³/mol. The monoisotopic (exact) mass is 318 g/mol. The summed E-state index contributed by atoms with van der Waals surface area (Å²) in [5.41, 5.74) is 0.810. The Kier molecular flexibility index (Phi) is 5.35. The van der Waals surface area contributed by atoms with Crippen LogP contribution < -0.4 is 5.32 Å². The molecule has 0 fully saturated rings. The van der Waals surface area contributed by atoms with E-state index in [4.69, 9.17) is 4.74 Å². The van der Waals surface area contributed by atoms with Gasteiger partial charge < -0.3 is 15.2 Å². The van der Waals surface area contributed by atoms with E-state index in [9.17, 15) is 19.5 Å². The molecule has 0 saturated heterocycles. The van der Waals surface area contributed by atoms with Crippen molar-refractivity contribution in [3.8, 4) is 0 Å². The number of nitrogens with one attached hydrogen (secondary N) is 1. The van der Waals surface area contributed by atoms with Crippen LogP contribution in [0, 0.1) is 0 Å². The molecule has 2 N–H and O–H groups in total. The predicted octanol–water partition coefficient (Wildman–Crippen LogP) is 2.14. The highest BCUT2D eigenvalue weighted by Crippen LogP contribution is 2.14. The van der Waals surface area contributed by atoms with E-state index >= 15 is 0 Å². The SMILES string of the molecule is CC1C=CC(=O)CC(NC(=O)OCc2ccccc2)N1C(=O)O. The number of hydrogen-bond acceptors (Lipinski definition) is 4. The summed E-state index contributed by atoms with van der Waals surface area (Å²) in [6.07, 6.45) is -0.260. The summed E-state index contributed by atoms with van der Waals surface area (Å²) in [5.74, 6) is -0.256. The van der Waals surface area contributed by atoms with Gasteiger partial charge in [0.2, 0.25) is 0 Å². The van der Waals surface area contributed by atoms with Gasteiger partial charge >= 0.3 is 12.2 Å². The van der Waals surface area contributed by atoms with E-state index in [0.717, 1.165) is 10.5 Å². The lowest BCUT2D eigenvalue weighted by Gasteiger charge is -2.31. The Morgan fingerprint density at radius 3 is 2.70 bits per heavy atom. The Morgan fingerprint density at radius 1 is 1.35 bits per heavy atom. The number of amides is 2. The molecule has 2 amide bonds.